The Morgan fingerprint density at radius 1 is 0.484 bits per heavy atom. The van der Waals surface area contributed by atoms with Crippen LogP contribution in [0.5, 0.6) is 0 Å². The lowest BCUT2D eigenvalue weighted by Gasteiger charge is -2.28. The van der Waals surface area contributed by atoms with Crippen LogP contribution >= 0.6 is 7.82 Å². The molecule has 0 aliphatic heterocycles. The van der Waals surface area contributed by atoms with Gasteiger partial charge in [0.15, 0.2) is 6.10 Å². The molecular formula is C52H102NO8P. The average Bonchev–Trinajstić information content (AvgIpc) is 3.23. The number of ether oxygens (including phenoxy) is 2. The summed E-state index contributed by atoms with van der Waals surface area (Å²) < 4.78 is 34.0. The van der Waals surface area contributed by atoms with E-state index < -0.39 is 26.5 Å². The van der Waals surface area contributed by atoms with Gasteiger partial charge in [-0.05, 0) is 32.1 Å². The Balaban J connectivity index is 4.20. The molecule has 0 heterocycles. The van der Waals surface area contributed by atoms with E-state index in [1.165, 1.54) is 193 Å². The fourth-order valence-electron chi connectivity index (χ4n) is 7.66. The first kappa shape index (κ1) is 60.8. The van der Waals surface area contributed by atoms with Crippen molar-refractivity contribution in [2.24, 2.45) is 0 Å². The van der Waals surface area contributed by atoms with Gasteiger partial charge >= 0.3 is 11.9 Å². The van der Waals surface area contributed by atoms with Crippen LogP contribution < -0.4 is 4.89 Å². The van der Waals surface area contributed by atoms with Crippen LogP contribution in [0.15, 0.2) is 12.2 Å². The van der Waals surface area contributed by atoms with Crippen LogP contribution in [-0.2, 0) is 32.7 Å². The van der Waals surface area contributed by atoms with Gasteiger partial charge in [0.1, 0.15) is 19.8 Å². The summed E-state index contributed by atoms with van der Waals surface area (Å²) in [5.74, 6) is -0.856. The summed E-state index contributed by atoms with van der Waals surface area (Å²) in [6, 6.07) is 0. The summed E-state index contributed by atoms with van der Waals surface area (Å²) in [5, 5.41) is 0. The van der Waals surface area contributed by atoms with Crippen LogP contribution in [0.1, 0.15) is 258 Å². The number of rotatable bonds is 49. The van der Waals surface area contributed by atoms with Crippen molar-refractivity contribution in [3.63, 3.8) is 0 Å². The third-order valence-corrected chi connectivity index (χ3v) is 12.7. The second-order valence-electron chi connectivity index (χ2n) is 19.2. The monoisotopic (exact) mass is 900 g/mol. The molecule has 0 saturated carbocycles. The molecule has 1 unspecified atom stereocenters. The van der Waals surface area contributed by atoms with Gasteiger partial charge in [-0.25, -0.2) is 0 Å². The molecule has 0 aromatic heterocycles. The number of carbonyl (C=O) groups is 2. The van der Waals surface area contributed by atoms with E-state index in [9.17, 15) is 19.0 Å². The van der Waals surface area contributed by atoms with Crippen molar-refractivity contribution in [3.05, 3.63) is 12.2 Å². The highest BCUT2D eigenvalue weighted by Crippen LogP contribution is 2.38. The number of phosphoric ester groups is 1. The minimum absolute atomic E-state index is 0.0317. The molecule has 62 heavy (non-hydrogen) atoms. The first-order valence-corrected chi connectivity index (χ1v) is 27.9. The van der Waals surface area contributed by atoms with E-state index in [-0.39, 0.29) is 32.0 Å². The van der Waals surface area contributed by atoms with Crippen LogP contribution in [0, 0.1) is 0 Å². The number of hydrogen-bond acceptors (Lipinski definition) is 8. The number of allylic oxidation sites excluding steroid dienone is 2. The van der Waals surface area contributed by atoms with Gasteiger partial charge in [-0.3, -0.25) is 14.2 Å². The Bertz CT molecular complexity index is 1060. The molecule has 0 bridgehead atoms. The molecule has 2 atom stereocenters. The Kier molecular flexibility index (Phi) is 44.0. The van der Waals surface area contributed by atoms with Gasteiger partial charge < -0.3 is 27.9 Å². The van der Waals surface area contributed by atoms with E-state index >= 15 is 0 Å². The van der Waals surface area contributed by atoms with Crippen molar-refractivity contribution >= 4 is 19.8 Å². The molecule has 0 aromatic carbocycles. The van der Waals surface area contributed by atoms with Gasteiger partial charge in [0.2, 0.25) is 0 Å². The maximum atomic E-state index is 12.7. The second-order valence-corrected chi connectivity index (χ2v) is 20.7. The summed E-state index contributed by atoms with van der Waals surface area (Å²) in [7, 11) is 1.17. The predicted molar refractivity (Wildman–Crippen MR) is 259 cm³/mol. The van der Waals surface area contributed by atoms with E-state index in [0.717, 1.165) is 32.1 Å². The van der Waals surface area contributed by atoms with Crippen molar-refractivity contribution in [2.45, 2.75) is 264 Å². The number of quaternary nitrogens is 1. The number of unbranched alkanes of at least 4 members (excludes halogenated alkanes) is 33. The molecular weight excluding hydrogens is 798 g/mol. The summed E-state index contributed by atoms with van der Waals surface area (Å²) in [5.41, 5.74) is 0. The quantitative estimate of drug-likeness (QED) is 0.0195. The van der Waals surface area contributed by atoms with Crippen molar-refractivity contribution in [1.29, 1.82) is 0 Å². The lowest BCUT2D eigenvalue weighted by Crippen LogP contribution is -2.37. The summed E-state index contributed by atoms with van der Waals surface area (Å²) in [6.45, 7) is 4.25. The van der Waals surface area contributed by atoms with Gasteiger partial charge in [0.25, 0.3) is 7.82 Å². The zero-order valence-corrected chi connectivity index (χ0v) is 42.5. The zero-order valence-electron chi connectivity index (χ0n) is 41.6. The molecule has 0 spiro atoms. The minimum atomic E-state index is -4.63. The highest BCUT2D eigenvalue weighted by molar-refractivity contribution is 7.45. The van der Waals surface area contributed by atoms with Gasteiger partial charge in [0.05, 0.1) is 27.7 Å². The molecule has 368 valence electrons. The Hall–Kier alpha value is -1.25. The van der Waals surface area contributed by atoms with Crippen LogP contribution in [0.2, 0.25) is 0 Å². The highest BCUT2D eigenvalue weighted by atomic mass is 31.2. The topological polar surface area (TPSA) is 111 Å². The van der Waals surface area contributed by atoms with Crippen molar-refractivity contribution in [2.75, 3.05) is 47.5 Å². The summed E-state index contributed by atoms with van der Waals surface area (Å²) in [4.78, 5) is 37.7. The van der Waals surface area contributed by atoms with E-state index in [4.69, 9.17) is 18.5 Å². The van der Waals surface area contributed by atoms with E-state index in [1.807, 2.05) is 21.1 Å². The molecule has 0 amide bonds. The molecule has 10 heteroatoms. The molecule has 0 radical (unpaired) electrons. The minimum Gasteiger partial charge on any atom is -0.756 e. The lowest BCUT2D eigenvalue weighted by molar-refractivity contribution is -0.870. The Morgan fingerprint density at radius 2 is 0.839 bits per heavy atom. The first-order chi connectivity index (χ1) is 30.0. The fraction of sp³-hybridized carbons (Fsp3) is 0.923. The predicted octanol–water partition coefficient (Wildman–Crippen LogP) is 15.1. The maximum absolute atomic E-state index is 12.7. The first-order valence-electron chi connectivity index (χ1n) is 26.4. The number of phosphoric acid groups is 1. The maximum Gasteiger partial charge on any atom is 0.306 e. The molecule has 0 fully saturated rings. The van der Waals surface area contributed by atoms with E-state index in [2.05, 4.69) is 26.0 Å². The SMILES string of the molecule is CCCCCCCCCCCCCCCCCCCC/C=C/CCCC(=O)O[C@H](COC(=O)CCCCCCCCCCCCCCCCC)COP(=O)([O-])OCC[N+](C)(C)C. The smallest absolute Gasteiger partial charge is 0.306 e. The lowest BCUT2D eigenvalue weighted by atomic mass is 10.0. The molecule has 0 aliphatic rings. The number of likely N-dealkylation sites (N-methyl/N-ethyl adjacent to an activating group) is 1. The number of hydrogen-bond donors (Lipinski definition) is 0. The molecule has 0 saturated heterocycles. The zero-order chi connectivity index (χ0) is 45.7. The van der Waals surface area contributed by atoms with Crippen LogP contribution in [0.25, 0.3) is 0 Å². The van der Waals surface area contributed by atoms with Gasteiger partial charge in [-0.15, -0.1) is 0 Å². The molecule has 9 nitrogen and oxygen atoms in total. The average molecular weight is 900 g/mol. The van der Waals surface area contributed by atoms with Gasteiger partial charge in [0, 0.05) is 12.8 Å². The highest BCUT2D eigenvalue weighted by Gasteiger charge is 2.21. The molecule has 0 N–H and O–H groups in total. The Morgan fingerprint density at radius 3 is 1.24 bits per heavy atom. The van der Waals surface area contributed by atoms with Gasteiger partial charge in [-0.1, -0.05) is 225 Å². The second kappa shape index (κ2) is 44.9. The molecule has 0 rings (SSSR count). The standard InChI is InChI=1S/C52H102NO8P/c1-6-8-10-12-14-16-18-20-22-23-24-25-26-27-28-29-31-33-35-37-39-41-43-45-52(55)61-50(49-60-62(56,57)59-47-46-53(3,4)5)48-58-51(54)44-42-40-38-36-34-32-30-21-19-17-15-13-11-9-7-2/h37,39,50H,6-36,38,40-49H2,1-5H3/b39-37+/t50-/m1/s1. The molecule has 0 aliphatic carbocycles. The largest absolute Gasteiger partial charge is 0.756 e. The number of esters is 2. The van der Waals surface area contributed by atoms with E-state index in [1.54, 1.807) is 0 Å². The van der Waals surface area contributed by atoms with Crippen molar-refractivity contribution < 1.29 is 42.1 Å². The normalized spacial score (nSPS) is 13.5. The third kappa shape index (κ3) is 48.2. The van der Waals surface area contributed by atoms with E-state index in [0.29, 0.717) is 17.4 Å². The Labute approximate surface area is 384 Å². The fourth-order valence-corrected chi connectivity index (χ4v) is 8.39. The summed E-state index contributed by atoms with van der Waals surface area (Å²) >= 11 is 0. The van der Waals surface area contributed by atoms with Crippen LogP contribution in [0.3, 0.4) is 0 Å². The summed E-state index contributed by atoms with van der Waals surface area (Å²) in [6.07, 6.45) is 49.7. The van der Waals surface area contributed by atoms with Crippen molar-refractivity contribution in [3.8, 4) is 0 Å². The molecule has 0 aromatic rings. The van der Waals surface area contributed by atoms with Gasteiger partial charge in [-0.2, -0.15) is 0 Å². The number of nitrogens with zero attached hydrogens (tertiary/aromatic N) is 1. The van der Waals surface area contributed by atoms with Crippen LogP contribution in [-0.4, -0.2) is 70.0 Å². The number of carbonyl (C=O) groups excluding carboxylic acids is 2. The van der Waals surface area contributed by atoms with Crippen LogP contribution in [0.4, 0.5) is 0 Å². The third-order valence-electron chi connectivity index (χ3n) is 11.8. The van der Waals surface area contributed by atoms with Crippen molar-refractivity contribution in [1.82, 2.24) is 0 Å².